The van der Waals surface area contributed by atoms with Gasteiger partial charge < -0.3 is 10.6 Å². The van der Waals surface area contributed by atoms with E-state index in [4.69, 9.17) is 18.0 Å². The maximum atomic E-state index is 5.63. The molecule has 3 rings (SSSR count). The minimum Gasteiger partial charge on any atom is -0.388 e. The number of fused-ring (bicyclic) bond motifs is 1. The molecular weight excluding hydrogens is 258 g/mol. The Morgan fingerprint density at radius 2 is 2.21 bits per heavy atom. The Labute approximate surface area is 118 Å². The van der Waals surface area contributed by atoms with E-state index in [-0.39, 0.29) is 0 Å². The molecule has 19 heavy (non-hydrogen) atoms. The molecule has 0 radical (unpaired) electrons. The number of hydrogen-bond donors (Lipinski definition) is 1. The van der Waals surface area contributed by atoms with Gasteiger partial charge >= 0.3 is 0 Å². The molecule has 6 heteroatoms. The van der Waals surface area contributed by atoms with Crippen molar-refractivity contribution in [3.8, 4) is 0 Å². The zero-order chi connectivity index (χ0) is 13.2. The van der Waals surface area contributed by atoms with Gasteiger partial charge in [0, 0.05) is 31.9 Å². The molecule has 2 saturated heterocycles. The summed E-state index contributed by atoms with van der Waals surface area (Å²) in [5.74, 6) is 0.760. The van der Waals surface area contributed by atoms with Crippen LogP contribution in [0.25, 0.3) is 0 Å². The number of anilines is 1. The quantitative estimate of drug-likeness (QED) is 0.807. The fraction of sp³-hybridized carbons (Fsp3) is 0.615. The number of hydrogen-bond acceptors (Lipinski definition) is 5. The van der Waals surface area contributed by atoms with Crippen molar-refractivity contribution in [3.63, 3.8) is 0 Å². The molecule has 0 spiro atoms. The number of thiocarbonyl (C=S) groups is 1. The molecule has 2 aliphatic rings. The molecular formula is C13H19N5S. The van der Waals surface area contributed by atoms with Crippen molar-refractivity contribution in [2.45, 2.75) is 25.3 Å². The van der Waals surface area contributed by atoms with Gasteiger partial charge in [0.25, 0.3) is 0 Å². The van der Waals surface area contributed by atoms with Gasteiger partial charge in [-0.15, -0.1) is 0 Å². The van der Waals surface area contributed by atoms with Crippen LogP contribution in [0.2, 0.25) is 0 Å². The highest BCUT2D eigenvalue weighted by Gasteiger charge is 2.29. The van der Waals surface area contributed by atoms with Crippen LogP contribution in [0.1, 0.15) is 25.0 Å². The first-order valence-corrected chi connectivity index (χ1v) is 7.27. The zero-order valence-electron chi connectivity index (χ0n) is 11.0. The normalized spacial score (nSPS) is 24.0. The summed E-state index contributed by atoms with van der Waals surface area (Å²) in [4.78, 5) is 14.0. The van der Waals surface area contributed by atoms with Crippen molar-refractivity contribution in [2.75, 3.05) is 31.1 Å². The van der Waals surface area contributed by atoms with Gasteiger partial charge in [0.05, 0.1) is 0 Å². The SMILES string of the molecule is NC(=S)c1ccnc(N2CCN3CCCCC3C2)n1. The van der Waals surface area contributed by atoms with E-state index in [1.54, 1.807) is 12.3 Å². The lowest BCUT2D eigenvalue weighted by molar-refractivity contribution is 0.133. The van der Waals surface area contributed by atoms with E-state index in [9.17, 15) is 0 Å². The van der Waals surface area contributed by atoms with Gasteiger partial charge in [-0.2, -0.15) is 0 Å². The second-order valence-electron chi connectivity index (χ2n) is 5.24. The van der Waals surface area contributed by atoms with Crippen LogP contribution in [0.4, 0.5) is 5.95 Å². The molecule has 0 bridgehead atoms. The molecule has 1 unspecified atom stereocenters. The molecule has 1 aromatic rings. The van der Waals surface area contributed by atoms with E-state index in [2.05, 4.69) is 19.8 Å². The Kier molecular flexibility index (Phi) is 3.61. The highest BCUT2D eigenvalue weighted by molar-refractivity contribution is 7.80. The lowest BCUT2D eigenvalue weighted by Gasteiger charge is -2.44. The first-order valence-electron chi connectivity index (χ1n) is 6.86. The van der Waals surface area contributed by atoms with E-state index < -0.39 is 0 Å². The lowest BCUT2D eigenvalue weighted by Crippen LogP contribution is -2.55. The summed E-state index contributed by atoms with van der Waals surface area (Å²) in [6.07, 6.45) is 5.70. The Morgan fingerprint density at radius 1 is 1.32 bits per heavy atom. The van der Waals surface area contributed by atoms with E-state index in [0.29, 0.717) is 16.7 Å². The van der Waals surface area contributed by atoms with Crippen molar-refractivity contribution >= 4 is 23.2 Å². The number of aromatic nitrogens is 2. The molecule has 0 aromatic carbocycles. The summed E-state index contributed by atoms with van der Waals surface area (Å²) >= 11 is 4.98. The minimum absolute atomic E-state index is 0.333. The molecule has 0 saturated carbocycles. The highest BCUT2D eigenvalue weighted by atomic mass is 32.1. The molecule has 1 aromatic heterocycles. The van der Waals surface area contributed by atoms with E-state index in [0.717, 1.165) is 25.6 Å². The van der Waals surface area contributed by atoms with Gasteiger partial charge in [0.15, 0.2) is 0 Å². The zero-order valence-corrected chi connectivity index (χ0v) is 11.8. The monoisotopic (exact) mass is 277 g/mol. The Morgan fingerprint density at radius 3 is 3.05 bits per heavy atom. The van der Waals surface area contributed by atoms with Gasteiger partial charge in [-0.25, -0.2) is 9.97 Å². The molecule has 2 aliphatic heterocycles. The average molecular weight is 277 g/mol. The number of nitrogens with two attached hydrogens (primary N) is 1. The van der Waals surface area contributed by atoms with Crippen LogP contribution in [0.15, 0.2) is 12.3 Å². The Hall–Kier alpha value is -1.27. The summed E-state index contributed by atoms with van der Waals surface area (Å²) in [7, 11) is 0. The Bertz CT molecular complexity index is 478. The van der Waals surface area contributed by atoms with Gasteiger partial charge in [-0.1, -0.05) is 18.6 Å². The van der Waals surface area contributed by atoms with E-state index >= 15 is 0 Å². The second kappa shape index (κ2) is 5.38. The number of piperidine rings is 1. The van der Waals surface area contributed by atoms with Crippen LogP contribution in [-0.2, 0) is 0 Å². The average Bonchev–Trinajstić information content (AvgIpc) is 2.47. The van der Waals surface area contributed by atoms with Crippen molar-refractivity contribution in [2.24, 2.45) is 5.73 Å². The fourth-order valence-electron chi connectivity index (χ4n) is 2.98. The van der Waals surface area contributed by atoms with E-state index in [1.807, 2.05) is 0 Å². The summed E-state index contributed by atoms with van der Waals surface area (Å²) in [5, 5.41) is 0. The fourth-order valence-corrected chi connectivity index (χ4v) is 3.09. The molecule has 1 atom stereocenters. The van der Waals surface area contributed by atoms with Crippen molar-refractivity contribution in [3.05, 3.63) is 18.0 Å². The molecule has 0 amide bonds. The smallest absolute Gasteiger partial charge is 0.226 e. The van der Waals surface area contributed by atoms with Gasteiger partial charge in [0.1, 0.15) is 10.7 Å². The van der Waals surface area contributed by atoms with Gasteiger partial charge in [-0.05, 0) is 25.5 Å². The molecule has 0 aliphatic carbocycles. The van der Waals surface area contributed by atoms with Crippen LogP contribution >= 0.6 is 12.2 Å². The maximum absolute atomic E-state index is 5.63. The lowest BCUT2D eigenvalue weighted by atomic mass is 10.00. The molecule has 5 nitrogen and oxygen atoms in total. The minimum atomic E-state index is 0.333. The predicted octanol–water partition coefficient (Wildman–Crippen LogP) is 0.785. The van der Waals surface area contributed by atoms with Crippen LogP contribution in [0.5, 0.6) is 0 Å². The molecule has 2 N–H and O–H groups in total. The van der Waals surface area contributed by atoms with Crippen LogP contribution in [0, 0.1) is 0 Å². The van der Waals surface area contributed by atoms with Gasteiger partial charge in [0.2, 0.25) is 5.95 Å². The first-order chi connectivity index (χ1) is 9.24. The highest BCUT2D eigenvalue weighted by Crippen LogP contribution is 2.23. The predicted molar refractivity (Wildman–Crippen MR) is 79.3 cm³/mol. The summed E-state index contributed by atoms with van der Waals surface area (Å²) < 4.78 is 0. The third-order valence-corrected chi connectivity index (χ3v) is 4.22. The molecule has 2 fully saturated rings. The van der Waals surface area contributed by atoms with Crippen molar-refractivity contribution in [1.82, 2.24) is 14.9 Å². The summed E-state index contributed by atoms with van der Waals surface area (Å²) in [6.45, 7) is 4.34. The summed E-state index contributed by atoms with van der Waals surface area (Å²) in [6, 6.07) is 2.42. The van der Waals surface area contributed by atoms with E-state index in [1.165, 1.54) is 25.8 Å². The van der Waals surface area contributed by atoms with Crippen LogP contribution in [-0.4, -0.2) is 52.1 Å². The number of rotatable bonds is 2. The molecule has 3 heterocycles. The van der Waals surface area contributed by atoms with Gasteiger partial charge in [-0.3, -0.25) is 4.90 Å². The third-order valence-electron chi connectivity index (χ3n) is 4.02. The largest absolute Gasteiger partial charge is 0.388 e. The van der Waals surface area contributed by atoms with Crippen LogP contribution < -0.4 is 10.6 Å². The topological polar surface area (TPSA) is 58.3 Å². The first kappa shape index (κ1) is 12.7. The number of nitrogens with zero attached hydrogens (tertiary/aromatic N) is 4. The second-order valence-corrected chi connectivity index (χ2v) is 5.68. The maximum Gasteiger partial charge on any atom is 0.226 e. The standard InChI is InChI=1S/C13H19N5S/c14-12(19)11-4-5-15-13(16-11)18-8-7-17-6-2-1-3-10(17)9-18/h4-5,10H,1-3,6-9H2,(H2,14,19). The van der Waals surface area contributed by atoms with Crippen molar-refractivity contribution in [1.29, 1.82) is 0 Å². The number of piperazine rings is 1. The van der Waals surface area contributed by atoms with Crippen LogP contribution in [0.3, 0.4) is 0 Å². The Balaban J connectivity index is 1.75. The third kappa shape index (κ3) is 2.69. The molecule has 102 valence electrons. The summed E-state index contributed by atoms with van der Waals surface area (Å²) in [5.41, 5.74) is 6.29. The van der Waals surface area contributed by atoms with Crippen molar-refractivity contribution < 1.29 is 0 Å².